The van der Waals surface area contributed by atoms with Crippen LogP contribution in [-0.4, -0.2) is 26.8 Å². The van der Waals surface area contributed by atoms with Crippen LogP contribution in [0.15, 0.2) is 18.2 Å². The summed E-state index contributed by atoms with van der Waals surface area (Å²) in [6.07, 6.45) is 0. The Balaban J connectivity index is 2.65. The minimum Gasteiger partial charge on any atom is -0.313 e. The molecule has 0 aliphatic rings. The van der Waals surface area contributed by atoms with Crippen LogP contribution in [0.1, 0.15) is 25.0 Å². The van der Waals surface area contributed by atoms with Crippen molar-refractivity contribution in [2.24, 2.45) is 0 Å². The minimum atomic E-state index is -3.28. The van der Waals surface area contributed by atoms with Crippen molar-refractivity contribution in [3.8, 4) is 0 Å². The Morgan fingerprint density at radius 3 is 2.44 bits per heavy atom. The van der Waals surface area contributed by atoms with Gasteiger partial charge >= 0.3 is 0 Å². The normalized spacial score (nSPS) is 11.8. The van der Waals surface area contributed by atoms with Gasteiger partial charge in [-0.3, -0.25) is 4.72 Å². The van der Waals surface area contributed by atoms with Crippen LogP contribution in [0.25, 0.3) is 0 Å². The Labute approximate surface area is 110 Å². The maximum absolute atomic E-state index is 11.9. The molecular weight excluding hydrogens is 248 g/mol. The fourth-order valence-electron chi connectivity index (χ4n) is 1.63. The van der Waals surface area contributed by atoms with Gasteiger partial charge in [-0.25, -0.2) is 8.42 Å². The zero-order valence-corrected chi connectivity index (χ0v) is 12.3. The molecule has 1 aromatic carbocycles. The molecule has 0 radical (unpaired) electrons. The first kappa shape index (κ1) is 15.0. The van der Waals surface area contributed by atoms with Crippen LogP contribution < -0.4 is 10.0 Å². The van der Waals surface area contributed by atoms with Gasteiger partial charge in [0, 0.05) is 12.6 Å². The molecule has 0 saturated heterocycles. The van der Waals surface area contributed by atoms with Crippen LogP contribution in [0.5, 0.6) is 0 Å². The van der Waals surface area contributed by atoms with Gasteiger partial charge in [0.1, 0.15) is 0 Å². The molecule has 0 aliphatic heterocycles. The van der Waals surface area contributed by atoms with Gasteiger partial charge in [-0.2, -0.15) is 0 Å². The SMILES string of the molecule is Cc1ccc(NS(=O)(=O)CCNC(C)C)c(C)c1. The monoisotopic (exact) mass is 270 g/mol. The second kappa shape index (κ2) is 6.20. The third-order valence-corrected chi connectivity index (χ3v) is 3.84. The molecule has 0 aliphatic carbocycles. The first-order chi connectivity index (χ1) is 8.30. The van der Waals surface area contributed by atoms with E-state index in [-0.39, 0.29) is 5.75 Å². The van der Waals surface area contributed by atoms with E-state index >= 15 is 0 Å². The second-order valence-corrected chi connectivity index (χ2v) is 6.69. The van der Waals surface area contributed by atoms with Crippen molar-refractivity contribution in [2.45, 2.75) is 33.7 Å². The number of rotatable bonds is 6. The highest BCUT2D eigenvalue weighted by atomic mass is 32.2. The molecule has 4 nitrogen and oxygen atoms in total. The molecule has 0 unspecified atom stereocenters. The van der Waals surface area contributed by atoms with Crippen LogP contribution in [0.4, 0.5) is 5.69 Å². The molecule has 5 heteroatoms. The van der Waals surface area contributed by atoms with Crippen LogP contribution in [0.3, 0.4) is 0 Å². The summed E-state index contributed by atoms with van der Waals surface area (Å²) in [4.78, 5) is 0. The summed E-state index contributed by atoms with van der Waals surface area (Å²) in [6.45, 7) is 8.32. The first-order valence-corrected chi connectivity index (χ1v) is 7.76. The molecule has 0 aromatic heterocycles. The Morgan fingerprint density at radius 2 is 1.89 bits per heavy atom. The Hall–Kier alpha value is -1.07. The predicted molar refractivity (Wildman–Crippen MR) is 76.5 cm³/mol. The Bertz CT molecular complexity index is 496. The van der Waals surface area contributed by atoms with E-state index in [1.54, 1.807) is 6.07 Å². The molecular formula is C13H22N2O2S. The summed E-state index contributed by atoms with van der Waals surface area (Å²) >= 11 is 0. The van der Waals surface area contributed by atoms with E-state index in [4.69, 9.17) is 0 Å². The maximum atomic E-state index is 11.9. The van der Waals surface area contributed by atoms with E-state index in [0.29, 0.717) is 18.3 Å². The van der Waals surface area contributed by atoms with Crippen molar-refractivity contribution in [3.63, 3.8) is 0 Å². The quantitative estimate of drug-likeness (QED) is 0.831. The van der Waals surface area contributed by atoms with Gasteiger partial charge in [0.25, 0.3) is 0 Å². The molecule has 1 aromatic rings. The highest BCUT2D eigenvalue weighted by molar-refractivity contribution is 7.92. The number of aryl methyl sites for hydroxylation is 2. The summed E-state index contributed by atoms with van der Waals surface area (Å²) in [7, 11) is -3.28. The number of hydrogen-bond acceptors (Lipinski definition) is 3. The van der Waals surface area contributed by atoms with E-state index in [1.807, 2.05) is 39.8 Å². The lowest BCUT2D eigenvalue weighted by molar-refractivity contribution is 0.582. The minimum absolute atomic E-state index is 0.0818. The van der Waals surface area contributed by atoms with Gasteiger partial charge in [-0.05, 0) is 25.5 Å². The molecule has 0 bridgehead atoms. The van der Waals surface area contributed by atoms with E-state index in [9.17, 15) is 8.42 Å². The average molecular weight is 270 g/mol. The molecule has 0 spiro atoms. The van der Waals surface area contributed by atoms with Crippen molar-refractivity contribution in [3.05, 3.63) is 29.3 Å². The van der Waals surface area contributed by atoms with Gasteiger partial charge in [0.2, 0.25) is 10.0 Å². The smallest absolute Gasteiger partial charge is 0.233 e. The van der Waals surface area contributed by atoms with Crippen LogP contribution in [0.2, 0.25) is 0 Å². The molecule has 0 heterocycles. The molecule has 0 atom stereocenters. The average Bonchev–Trinajstić information content (AvgIpc) is 2.21. The third-order valence-electron chi connectivity index (χ3n) is 2.57. The summed E-state index contributed by atoms with van der Waals surface area (Å²) in [5, 5.41) is 3.09. The van der Waals surface area contributed by atoms with Crippen molar-refractivity contribution in [1.82, 2.24) is 5.32 Å². The van der Waals surface area contributed by atoms with E-state index < -0.39 is 10.0 Å². The van der Waals surface area contributed by atoms with Crippen LogP contribution in [0, 0.1) is 13.8 Å². The summed E-state index contributed by atoms with van der Waals surface area (Å²) in [6, 6.07) is 5.96. The van der Waals surface area contributed by atoms with Gasteiger partial charge in [0.15, 0.2) is 0 Å². The Kier molecular flexibility index (Phi) is 5.16. The molecule has 1 rings (SSSR count). The van der Waals surface area contributed by atoms with E-state index in [1.165, 1.54) is 0 Å². The number of benzene rings is 1. The fraction of sp³-hybridized carbons (Fsp3) is 0.538. The maximum Gasteiger partial charge on any atom is 0.233 e. The molecule has 0 fully saturated rings. The van der Waals surface area contributed by atoms with Gasteiger partial charge in [0.05, 0.1) is 11.4 Å². The lowest BCUT2D eigenvalue weighted by Gasteiger charge is -2.12. The number of sulfonamides is 1. The third kappa shape index (κ3) is 5.06. The van der Waals surface area contributed by atoms with Crippen LogP contribution >= 0.6 is 0 Å². The second-order valence-electron chi connectivity index (χ2n) is 4.85. The number of nitrogens with one attached hydrogen (secondary N) is 2. The largest absolute Gasteiger partial charge is 0.313 e. The predicted octanol–water partition coefficient (Wildman–Crippen LogP) is 2.04. The van der Waals surface area contributed by atoms with E-state index in [2.05, 4.69) is 10.0 Å². The van der Waals surface area contributed by atoms with Crippen molar-refractivity contribution in [1.29, 1.82) is 0 Å². The van der Waals surface area contributed by atoms with Crippen molar-refractivity contribution < 1.29 is 8.42 Å². The fourth-order valence-corrected chi connectivity index (χ4v) is 2.68. The highest BCUT2D eigenvalue weighted by Gasteiger charge is 2.11. The van der Waals surface area contributed by atoms with E-state index in [0.717, 1.165) is 11.1 Å². The molecule has 102 valence electrons. The lowest BCUT2D eigenvalue weighted by Crippen LogP contribution is -2.31. The lowest BCUT2D eigenvalue weighted by atomic mass is 10.1. The summed E-state index contributed by atoms with van der Waals surface area (Å²) in [5.74, 6) is 0.0818. The number of hydrogen-bond donors (Lipinski definition) is 2. The van der Waals surface area contributed by atoms with Crippen LogP contribution in [-0.2, 0) is 10.0 Å². The standard InChI is InChI=1S/C13H22N2O2S/c1-10(2)14-7-8-18(16,17)15-13-6-5-11(3)9-12(13)4/h5-6,9-10,14-15H,7-8H2,1-4H3. The van der Waals surface area contributed by atoms with Crippen molar-refractivity contribution >= 4 is 15.7 Å². The summed E-state index contributed by atoms with van der Waals surface area (Å²) < 4.78 is 26.4. The highest BCUT2D eigenvalue weighted by Crippen LogP contribution is 2.17. The number of anilines is 1. The van der Waals surface area contributed by atoms with Gasteiger partial charge < -0.3 is 5.32 Å². The molecule has 2 N–H and O–H groups in total. The zero-order valence-electron chi connectivity index (χ0n) is 11.4. The molecule has 0 amide bonds. The first-order valence-electron chi connectivity index (χ1n) is 6.11. The zero-order chi connectivity index (χ0) is 13.8. The molecule has 18 heavy (non-hydrogen) atoms. The summed E-state index contributed by atoms with van der Waals surface area (Å²) in [5.41, 5.74) is 2.72. The topological polar surface area (TPSA) is 58.2 Å². The van der Waals surface area contributed by atoms with Gasteiger partial charge in [-0.15, -0.1) is 0 Å². The Morgan fingerprint density at radius 1 is 1.22 bits per heavy atom. The molecule has 0 saturated carbocycles. The van der Waals surface area contributed by atoms with Crippen molar-refractivity contribution in [2.75, 3.05) is 17.0 Å². The van der Waals surface area contributed by atoms with Gasteiger partial charge in [-0.1, -0.05) is 31.5 Å².